The summed E-state index contributed by atoms with van der Waals surface area (Å²) < 4.78 is 28.6. The van der Waals surface area contributed by atoms with Gasteiger partial charge >= 0.3 is 0 Å². The van der Waals surface area contributed by atoms with E-state index in [0.29, 0.717) is 29.2 Å². The molecule has 0 amide bonds. The molecule has 1 atom stereocenters. The van der Waals surface area contributed by atoms with Gasteiger partial charge in [0.25, 0.3) is 0 Å². The van der Waals surface area contributed by atoms with Gasteiger partial charge in [-0.15, -0.1) is 0 Å². The standard InChI is InChI=1S/C17H22N4O3S/c1-13-9-18-7-8-21(13)17-19-10-15(11-20-17)24-12-14-3-5-16(6-4-14)25(2,22)23/h3-6,10-11,13,18H,7-9,12H2,1-2H3. The molecular weight excluding hydrogens is 340 g/mol. The zero-order valence-electron chi connectivity index (χ0n) is 14.3. The Morgan fingerprint density at radius 2 is 1.92 bits per heavy atom. The Hall–Kier alpha value is -2.19. The van der Waals surface area contributed by atoms with Crippen molar-refractivity contribution < 1.29 is 13.2 Å². The topological polar surface area (TPSA) is 84.4 Å². The second-order valence-corrected chi connectivity index (χ2v) is 8.19. The van der Waals surface area contributed by atoms with Gasteiger partial charge in [0.15, 0.2) is 15.6 Å². The summed E-state index contributed by atoms with van der Waals surface area (Å²) in [6.45, 7) is 5.20. The van der Waals surface area contributed by atoms with Gasteiger partial charge in [0.2, 0.25) is 5.95 Å². The predicted molar refractivity (Wildman–Crippen MR) is 95.6 cm³/mol. The zero-order chi connectivity index (χ0) is 17.9. The minimum absolute atomic E-state index is 0.300. The van der Waals surface area contributed by atoms with Crippen molar-refractivity contribution >= 4 is 15.8 Å². The molecule has 8 heteroatoms. The van der Waals surface area contributed by atoms with Crippen LogP contribution >= 0.6 is 0 Å². The van der Waals surface area contributed by atoms with Crippen LogP contribution in [0.3, 0.4) is 0 Å². The monoisotopic (exact) mass is 362 g/mol. The molecule has 1 aromatic carbocycles. The number of ether oxygens (including phenoxy) is 1. The highest BCUT2D eigenvalue weighted by molar-refractivity contribution is 7.90. The number of hydrogen-bond donors (Lipinski definition) is 1. The van der Waals surface area contributed by atoms with E-state index in [1.807, 2.05) is 0 Å². The third kappa shape index (κ3) is 4.46. The number of nitrogens with one attached hydrogen (secondary N) is 1. The van der Waals surface area contributed by atoms with Crippen molar-refractivity contribution in [3.8, 4) is 5.75 Å². The van der Waals surface area contributed by atoms with E-state index in [-0.39, 0.29) is 0 Å². The summed E-state index contributed by atoms with van der Waals surface area (Å²) in [5.74, 6) is 1.29. The first kappa shape index (κ1) is 17.6. The minimum Gasteiger partial charge on any atom is -0.486 e. The van der Waals surface area contributed by atoms with Crippen molar-refractivity contribution in [2.75, 3.05) is 30.8 Å². The maximum Gasteiger partial charge on any atom is 0.225 e. The molecule has 0 bridgehead atoms. The van der Waals surface area contributed by atoms with Crippen LogP contribution in [-0.4, -0.2) is 50.3 Å². The van der Waals surface area contributed by atoms with Gasteiger partial charge in [-0.25, -0.2) is 18.4 Å². The molecule has 7 nitrogen and oxygen atoms in total. The molecule has 1 aromatic heterocycles. The lowest BCUT2D eigenvalue weighted by Gasteiger charge is -2.33. The van der Waals surface area contributed by atoms with Crippen LogP contribution in [-0.2, 0) is 16.4 Å². The number of benzene rings is 1. The van der Waals surface area contributed by atoms with Crippen LogP contribution in [0.15, 0.2) is 41.6 Å². The summed E-state index contributed by atoms with van der Waals surface area (Å²) in [4.78, 5) is 11.3. The fourth-order valence-electron chi connectivity index (χ4n) is 2.67. The van der Waals surface area contributed by atoms with Crippen LogP contribution in [0.2, 0.25) is 0 Å². The van der Waals surface area contributed by atoms with Crippen LogP contribution in [0.1, 0.15) is 12.5 Å². The number of rotatable bonds is 5. The SMILES string of the molecule is CC1CNCCN1c1ncc(OCc2ccc(S(C)(=O)=O)cc2)cn1. The van der Waals surface area contributed by atoms with Gasteiger partial charge in [0, 0.05) is 31.9 Å². The molecule has 1 unspecified atom stereocenters. The summed E-state index contributed by atoms with van der Waals surface area (Å²) >= 11 is 0. The molecule has 0 spiro atoms. The number of piperazine rings is 1. The molecule has 1 N–H and O–H groups in total. The molecule has 0 radical (unpaired) electrons. The van der Waals surface area contributed by atoms with Crippen molar-refractivity contribution in [2.45, 2.75) is 24.5 Å². The molecule has 2 aromatic rings. The van der Waals surface area contributed by atoms with E-state index in [1.54, 1.807) is 36.7 Å². The zero-order valence-corrected chi connectivity index (χ0v) is 15.2. The molecule has 2 heterocycles. The van der Waals surface area contributed by atoms with Crippen LogP contribution in [0.25, 0.3) is 0 Å². The minimum atomic E-state index is -3.18. The van der Waals surface area contributed by atoms with Crippen LogP contribution in [0.4, 0.5) is 5.95 Å². The second-order valence-electron chi connectivity index (χ2n) is 6.17. The first-order chi connectivity index (χ1) is 11.9. The lowest BCUT2D eigenvalue weighted by Crippen LogP contribution is -2.50. The number of nitrogens with zero attached hydrogens (tertiary/aromatic N) is 3. The molecule has 1 saturated heterocycles. The Morgan fingerprint density at radius 1 is 1.24 bits per heavy atom. The molecule has 25 heavy (non-hydrogen) atoms. The lowest BCUT2D eigenvalue weighted by atomic mass is 10.2. The van der Waals surface area contributed by atoms with Gasteiger partial charge in [0.1, 0.15) is 6.61 Å². The highest BCUT2D eigenvalue weighted by Crippen LogP contribution is 2.17. The normalized spacial score (nSPS) is 18.2. The van der Waals surface area contributed by atoms with E-state index in [4.69, 9.17) is 4.74 Å². The molecule has 3 rings (SSSR count). The third-order valence-corrected chi connectivity index (χ3v) is 5.26. The van der Waals surface area contributed by atoms with Gasteiger partial charge in [-0.05, 0) is 24.6 Å². The fraction of sp³-hybridized carbons (Fsp3) is 0.412. The van der Waals surface area contributed by atoms with Crippen molar-refractivity contribution in [1.29, 1.82) is 0 Å². The molecule has 1 fully saturated rings. The number of aromatic nitrogens is 2. The summed E-state index contributed by atoms with van der Waals surface area (Å²) in [6, 6.07) is 7.01. The highest BCUT2D eigenvalue weighted by atomic mass is 32.2. The van der Waals surface area contributed by atoms with E-state index in [2.05, 4.69) is 27.1 Å². The molecule has 0 saturated carbocycles. The maximum absolute atomic E-state index is 11.5. The van der Waals surface area contributed by atoms with Crippen molar-refractivity contribution in [3.63, 3.8) is 0 Å². The van der Waals surface area contributed by atoms with E-state index < -0.39 is 9.84 Å². The summed E-state index contributed by atoms with van der Waals surface area (Å²) in [5, 5.41) is 3.34. The molecule has 1 aliphatic rings. The Morgan fingerprint density at radius 3 is 2.52 bits per heavy atom. The van der Waals surface area contributed by atoms with Gasteiger partial charge in [-0.1, -0.05) is 12.1 Å². The van der Waals surface area contributed by atoms with Gasteiger partial charge < -0.3 is 15.0 Å². The first-order valence-corrected chi connectivity index (χ1v) is 10.0. The molecular formula is C17H22N4O3S. The summed E-state index contributed by atoms with van der Waals surface area (Å²) in [6.07, 6.45) is 4.53. The van der Waals surface area contributed by atoms with E-state index in [1.165, 1.54) is 6.26 Å². The average molecular weight is 362 g/mol. The van der Waals surface area contributed by atoms with Gasteiger partial charge in [-0.3, -0.25) is 0 Å². The third-order valence-electron chi connectivity index (χ3n) is 4.13. The Balaban J connectivity index is 1.60. The van der Waals surface area contributed by atoms with E-state index in [0.717, 1.165) is 25.2 Å². The van der Waals surface area contributed by atoms with Crippen molar-refractivity contribution in [3.05, 3.63) is 42.2 Å². The Kier molecular flexibility index (Phi) is 5.19. The quantitative estimate of drug-likeness (QED) is 0.857. The van der Waals surface area contributed by atoms with Crippen LogP contribution < -0.4 is 15.0 Å². The van der Waals surface area contributed by atoms with Crippen LogP contribution in [0, 0.1) is 0 Å². The second kappa shape index (κ2) is 7.37. The highest BCUT2D eigenvalue weighted by Gasteiger charge is 2.20. The number of hydrogen-bond acceptors (Lipinski definition) is 7. The van der Waals surface area contributed by atoms with Gasteiger partial charge in [0.05, 0.1) is 17.3 Å². The molecule has 0 aliphatic carbocycles. The Labute approximate surface area is 148 Å². The average Bonchev–Trinajstić information content (AvgIpc) is 2.61. The fourth-order valence-corrected chi connectivity index (χ4v) is 3.30. The number of sulfone groups is 1. The van der Waals surface area contributed by atoms with Gasteiger partial charge in [-0.2, -0.15) is 0 Å². The largest absolute Gasteiger partial charge is 0.486 e. The summed E-state index contributed by atoms with van der Waals surface area (Å²) in [5.41, 5.74) is 0.882. The van der Waals surface area contributed by atoms with E-state index in [9.17, 15) is 8.42 Å². The lowest BCUT2D eigenvalue weighted by molar-refractivity contribution is 0.303. The number of anilines is 1. The summed E-state index contributed by atoms with van der Waals surface area (Å²) in [7, 11) is -3.18. The van der Waals surface area contributed by atoms with E-state index >= 15 is 0 Å². The molecule has 134 valence electrons. The smallest absolute Gasteiger partial charge is 0.225 e. The van der Waals surface area contributed by atoms with Crippen molar-refractivity contribution in [1.82, 2.24) is 15.3 Å². The predicted octanol–water partition coefficient (Wildman–Crippen LogP) is 1.26. The molecule has 1 aliphatic heterocycles. The van der Waals surface area contributed by atoms with Crippen LogP contribution in [0.5, 0.6) is 5.75 Å². The van der Waals surface area contributed by atoms with Crippen molar-refractivity contribution in [2.24, 2.45) is 0 Å². The Bertz CT molecular complexity index is 807. The maximum atomic E-state index is 11.5. The first-order valence-electron chi connectivity index (χ1n) is 8.15.